The predicted molar refractivity (Wildman–Crippen MR) is 74.1 cm³/mol. The second-order valence-corrected chi connectivity index (χ2v) is 4.62. The van der Waals surface area contributed by atoms with Gasteiger partial charge in [-0.3, -0.25) is 0 Å². The fourth-order valence-electron chi connectivity index (χ4n) is 2.14. The molecule has 0 bridgehead atoms. The van der Waals surface area contributed by atoms with E-state index in [4.69, 9.17) is 5.73 Å². The highest BCUT2D eigenvalue weighted by atomic mass is 16.2. The van der Waals surface area contributed by atoms with Gasteiger partial charge in [0.1, 0.15) is 0 Å². The van der Waals surface area contributed by atoms with Gasteiger partial charge >= 0.3 is 6.03 Å². The normalized spacial score (nSPS) is 16.0. The number of nitrogen functional groups attached to an aromatic ring is 1. The van der Waals surface area contributed by atoms with Crippen molar-refractivity contribution in [2.24, 2.45) is 5.92 Å². The van der Waals surface area contributed by atoms with Gasteiger partial charge in [0.25, 0.3) is 0 Å². The molecule has 1 aromatic carbocycles. The molecule has 1 aliphatic rings. The van der Waals surface area contributed by atoms with E-state index in [0.29, 0.717) is 11.6 Å². The summed E-state index contributed by atoms with van der Waals surface area (Å²) in [5.74, 6) is 0.627. The largest absolute Gasteiger partial charge is 0.399 e. The molecule has 0 heterocycles. The Kier molecular flexibility index (Phi) is 4.23. The lowest BCUT2D eigenvalue weighted by molar-refractivity contribution is 0.255. The molecule has 0 saturated heterocycles. The van der Waals surface area contributed by atoms with Gasteiger partial charge in [0.15, 0.2) is 0 Å². The Labute approximate surface area is 107 Å². The molecule has 0 spiro atoms. The summed E-state index contributed by atoms with van der Waals surface area (Å²) < 4.78 is 0. The summed E-state index contributed by atoms with van der Waals surface area (Å²) in [6.45, 7) is 0. The second-order valence-electron chi connectivity index (χ2n) is 4.62. The lowest BCUT2D eigenvalue weighted by Gasteiger charge is -2.05. The first-order valence-electron chi connectivity index (χ1n) is 6.34. The van der Waals surface area contributed by atoms with Gasteiger partial charge in [-0.15, -0.1) is 0 Å². The third-order valence-corrected chi connectivity index (χ3v) is 3.15. The number of amides is 2. The molecule has 0 radical (unpaired) electrons. The molecule has 4 N–H and O–H groups in total. The van der Waals surface area contributed by atoms with Crippen molar-refractivity contribution in [1.29, 1.82) is 0 Å². The molecular weight excluding hydrogens is 226 g/mol. The highest BCUT2D eigenvalue weighted by Crippen LogP contribution is 2.25. The number of allylic oxidation sites excluding steroid dienone is 1. The maximum absolute atomic E-state index is 11.6. The van der Waals surface area contributed by atoms with Crippen LogP contribution in [0.3, 0.4) is 0 Å². The van der Waals surface area contributed by atoms with Gasteiger partial charge < -0.3 is 16.4 Å². The van der Waals surface area contributed by atoms with Crippen LogP contribution in [0.25, 0.3) is 0 Å². The Hall–Kier alpha value is -1.97. The number of benzene rings is 1. The Morgan fingerprint density at radius 1 is 1.22 bits per heavy atom. The lowest BCUT2D eigenvalue weighted by Crippen LogP contribution is -2.23. The first-order chi connectivity index (χ1) is 8.74. The van der Waals surface area contributed by atoms with Crippen LogP contribution in [0.4, 0.5) is 16.2 Å². The van der Waals surface area contributed by atoms with E-state index < -0.39 is 0 Å². The monoisotopic (exact) mass is 245 g/mol. The van der Waals surface area contributed by atoms with E-state index in [1.165, 1.54) is 25.7 Å². The quantitative estimate of drug-likeness (QED) is 0.716. The van der Waals surface area contributed by atoms with Crippen LogP contribution in [0.5, 0.6) is 0 Å². The fourth-order valence-corrected chi connectivity index (χ4v) is 2.14. The standard InChI is InChI=1S/C14H19N3O/c15-12-5-7-13(8-6-12)17-14(18)16-10-9-11-3-1-2-4-11/h5-11H,1-4,15H2,(H2,16,17,18)/b10-9+. The highest BCUT2D eigenvalue weighted by Gasteiger charge is 2.11. The number of nitrogens with two attached hydrogens (primary N) is 1. The van der Waals surface area contributed by atoms with Crippen molar-refractivity contribution in [2.75, 3.05) is 11.1 Å². The maximum atomic E-state index is 11.6. The van der Waals surface area contributed by atoms with Crippen LogP contribution in [0.1, 0.15) is 25.7 Å². The third-order valence-electron chi connectivity index (χ3n) is 3.15. The van der Waals surface area contributed by atoms with Crippen LogP contribution < -0.4 is 16.4 Å². The van der Waals surface area contributed by atoms with Crippen molar-refractivity contribution in [3.63, 3.8) is 0 Å². The number of hydrogen-bond acceptors (Lipinski definition) is 2. The van der Waals surface area contributed by atoms with Gasteiger partial charge in [0.05, 0.1) is 0 Å². The summed E-state index contributed by atoms with van der Waals surface area (Å²) in [6, 6.07) is 6.83. The molecular formula is C14H19N3O. The second kappa shape index (κ2) is 6.10. The van der Waals surface area contributed by atoms with Gasteiger partial charge in [0.2, 0.25) is 0 Å². The number of rotatable bonds is 3. The van der Waals surface area contributed by atoms with Crippen molar-refractivity contribution in [3.8, 4) is 0 Å². The molecule has 0 aliphatic heterocycles. The molecule has 18 heavy (non-hydrogen) atoms. The summed E-state index contributed by atoms with van der Waals surface area (Å²) in [5.41, 5.74) is 6.98. The van der Waals surface area contributed by atoms with Crippen molar-refractivity contribution in [1.82, 2.24) is 5.32 Å². The van der Waals surface area contributed by atoms with Crippen LogP contribution in [0.2, 0.25) is 0 Å². The molecule has 1 saturated carbocycles. The first kappa shape index (κ1) is 12.5. The summed E-state index contributed by atoms with van der Waals surface area (Å²) >= 11 is 0. The van der Waals surface area contributed by atoms with Crippen molar-refractivity contribution in [3.05, 3.63) is 36.5 Å². The van der Waals surface area contributed by atoms with Crippen LogP contribution in [-0.2, 0) is 0 Å². The van der Waals surface area contributed by atoms with E-state index in [1.807, 2.05) is 0 Å². The van der Waals surface area contributed by atoms with Gasteiger partial charge in [-0.1, -0.05) is 18.9 Å². The Morgan fingerprint density at radius 2 is 1.89 bits per heavy atom. The molecule has 0 unspecified atom stereocenters. The number of urea groups is 1. The van der Waals surface area contributed by atoms with Gasteiger partial charge in [0, 0.05) is 17.6 Å². The zero-order valence-corrected chi connectivity index (χ0v) is 10.4. The summed E-state index contributed by atoms with van der Waals surface area (Å²) in [6.07, 6.45) is 8.88. The summed E-state index contributed by atoms with van der Waals surface area (Å²) in [4.78, 5) is 11.6. The van der Waals surface area contributed by atoms with E-state index >= 15 is 0 Å². The molecule has 0 atom stereocenters. The van der Waals surface area contributed by atoms with Gasteiger partial charge in [-0.05, 0) is 43.0 Å². The predicted octanol–water partition coefficient (Wildman–Crippen LogP) is 3.09. The average Bonchev–Trinajstić information content (AvgIpc) is 2.85. The zero-order valence-electron chi connectivity index (χ0n) is 10.4. The highest BCUT2D eigenvalue weighted by molar-refractivity contribution is 5.89. The molecule has 1 aromatic rings. The smallest absolute Gasteiger partial charge is 0.323 e. The SMILES string of the molecule is Nc1ccc(NC(=O)N/C=C/C2CCCC2)cc1. The number of nitrogens with one attached hydrogen (secondary N) is 2. The molecule has 0 aromatic heterocycles. The maximum Gasteiger partial charge on any atom is 0.323 e. The number of hydrogen-bond donors (Lipinski definition) is 3. The molecule has 96 valence electrons. The van der Waals surface area contributed by atoms with Crippen LogP contribution >= 0.6 is 0 Å². The fraction of sp³-hybridized carbons (Fsp3) is 0.357. The molecule has 2 amide bonds. The minimum absolute atomic E-state index is 0.228. The molecule has 4 nitrogen and oxygen atoms in total. The molecule has 1 aliphatic carbocycles. The van der Waals surface area contributed by atoms with Gasteiger partial charge in [-0.25, -0.2) is 4.79 Å². The van der Waals surface area contributed by atoms with Crippen LogP contribution in [0, 0.1) is 5.92 Å². The first-order valence-corrected chi connectivity index (χ1v) is 6.34. The van der Waals surface area contributed by atoms with E-state index in [9.17, 15) is 4.79 Å². The van der Waals surface area contributed by atoms with E-state index in [1.54, 1.807) is 30.5 Å². The summed E-state index contributed by atoms with van der Waals surface area (Å²) in [5, 5.41) is 5.45. The minimum Gasteiger partial charge on any atom is -0.399 e. The third kappa shape index (κ3) is 3.80. The zero-order chi connectivity index (χ0) is 12.8. The van der Waals surface area contributed by atoms with E-state index in [-0.39, 0.29) is 6.03 Å². The minimum atomic E-state index is -0.228. The number of anilines is 2. The summed E-state index contributed by atoms with van der Waals surface area (Å²) in [7, 11) is 0. The average molecular weight is 245 g/mol. The number of carbonyl (C=O) groups excluding carboxylic acids is 1. The van der Waals surface area contributed by atoms with E-state index in [0.717, 1.165) is 5.69 Å². The van der Waals surface area contributed by atoms with Crippen LogP contribution in [0.15, 0.2) is 36.5 Å². The molecule has 2 rings (SSSR count). The lowest BCUT2D eigenvalue weighted by atomic mass is 10.1. The van der Waals surface area contributed by atoms with Gasteiger partial charge in [-0.2, -0.15) is 0 Å². The topological polar surface area (TPSA) is 67.1 Å². The Balaban J connectivity index is 1.76. The Morgan fingerprint density at radius 3 is 2.56 bits per heavy atom. The van der Waals surface area contributed by atoms with Crippen molar-refractivity contribution in [2.45, 2.75) is 25.7 Å². The molecule has 1 fully saturated rings. The Bertz CT molecular complexity index is 419. The van der Waals surface area contributed by atoms with E-state index in [2.05, 4.69) is 16.7 Å². The van der Waals surface area contributed by atoms with Crippen molar-refractivity contribution < 1.29 is 4.79 Å². The van der Waals surface area contributed by atoms with Crippen molar-refractivity contribution >= 4 is 17.4 Å². The van der Waals surface area contributed by atoms with Crippen LogP contribution in [-0.4, -0.2) is 6.03 Å². The number of carbonyl (C=O) groups is 1. The molecule has 4 heteroatoms.